The fourth-order valence-electron chi connectivity index (χ4n) is 2.66. The molecule has 0 bridgehead atoms. The summed E-state index contributed by atoms with van der Waals surface area (Å²) in [5.41, 5.74) is 0. The number of nitriles is 1. The maximum atomic E-state index is 10.9. The monoisotopic (exact) mass is 194 g/mol. The Morgan fingerprint density at radius 3 is 2.86 bits per heavy atom. The molecule has 4 heteroatoms. The lowest BCUT2D eigenvalue weighted by Crippen LogP contribution is -2.45. The van der Waals surface area contributed by atoms with Crippen molar-refractivity contribution in [2.24, 2.45) is 5.92 Å². The zero-order chi connectivity index (χ0) is 10.1. The summed E-state index contributed by atoms with van der Waals surface area (Å²) in [5, 5.41) is 17.8. The average molecular weight is 194 g/mol. The van der Waals surface area contributed by atoms with Crippen molar-refractivity contribution in [2.75, 3.05) is 6.54 Å². The number of rotatable bonds is 1. The minimum Gasteiger partial charge on any atom is -0.480 e. The number of carboxylic acids is 1. The van der Waals surface area contributed by atoms with Gasteiger partial charge in [0.05, 0.1) is 6.07 Å². The smallest absolute Gasteiger partial charge is 0.320 e. The third-order valence-corrected chi connectivity index (χ3v) is 3.40. The van der Waals surface area contributed by atoms with Gasteiger partial charge in [-0.2, -0.15) is 5.26 Å². The second-order valence-corrected chi connectivity index (χ2v) is 4.17. The van der Waals surface area contributed by atoms with Gasteiger partial charge in [0.15, 0.2) is 0 Å². The van der Waals surface area contributed by atoms with Crippen LogP contribution in [0.2, 0.25) is 0 Å². The van der Waals surface area contributed by atoms with Gasteiger partial charge in [-0.15, -0.1) is 0 Å². The van der Waals surface area contributed by atoms with Crippen LogP contribution in [0.3, 0.4) is 0 Å². The fourth-order valence-corrected chi connectivity index (χ4v) is 2.66. The molecule has 0 amide bonds. The van der Waals surface area contributed by atoms with E-state index in [9.17, 15) is 4.79 Å². The topological polar surface area (TPSA) is 64.3 Å². The van der Waals surface area contributed by atoms with Gasteiger partial charge >= 0.3 is 5.97 Å². The van der Waals surface area contributed by atoms with Gasteiger partial charge in [-0.3, -0.25) is 9.69 Å². The average Bonchev–Trinajstić information content (AvgIpc) is 2.59. The Kier molecular flexibility index (Phi) is 2.42. The van der Waals surface area contributed by atoms with Crippen molar-refractivity contribution in [1.29, 1.82) is 5.26 Å². The summed E-state index contributed by atoms with van der Waals surface area (Å²) in [6.45, 7) is 0.778. The molecule has 2 rings (SSSR count). The van der Waals surface area contributed by atoms with Crippen LogP contribution in [0, 0.1) is 17.2 Å². The van der Waals surface area contributed by atoms with Crippen molar-refractivity contribution >= 4 is 5.97 Å². The highest BCUT2D eigenvalue weighted by atomic mass is 16.4. The number of carbonyl (C=O) groups is 1. The SMILES string of the molecule is N#CC1CCN2C(CC[C@H]2C(=O)O)C1. The number of piperidine rings is 1. The molecule has 0 saturated carbocycles. The maximum absolute atomic E-state index is 10.9. The van der Waals surface area contributed by atoms with Crippen LogP contribution in [0.15, 0.2) is 0 Å². The van der Waals surface area contributed by atoms with Crippen molar-refractivity contribution in [3.8, 4) is 6.07 Å². The molecule has 2 saturated heterocycles. The van der Waals surface area contributed by atoms with Gasteiger partial charge in [-0.25, -0.2) is 0 Å². The van der Waals surface area contributed by atoms with Crippen LogP contribution in [0.5, 0.6) is 0 Å². The van der Waals surface area contributed by atoms with E-state index in [1.165, 1.54) is 0 Å². The highest BCUT2D eigenvalue weighted by Crippen LogP contribution is 2.33. The lowest BCUT2D eigenvalue weighted by Gasteiger charge is -2.34. The van der Waals surface area contributed by atoms with Gasteiger partial charge in [0.1, 0.15) is 6.04 Å². The molecule has 2 unspecified atom stereocenters. The lowest BCUT2D eigenvalue weighted by atomic mass is 9.92. The van der Waals surface area contributed by atoms with E-state index < -0.39 is 5.97 Å². The van der Waals surface area contributed by atoms with Crippen LogP contribution in [-0.2, 0) is 4.79 Å². The number of aliphatic carboxylic acids is 1. The Bertz CT molecular complexity index is 284. The van der Waals surface area contributed by atoms with Crippen molar-refractivity contribution in [2.45, 2.75) is 37.8 Å². The molecule has 3 atom stereocenters. The van der Waals surface area contributed by atoms with E-state index in [0.29, 0.717) is 6.04 Å². The summed E-state index contributed by atoms with van der Waals surface area (Å²) < 4.78 is 0. The van der Waals surface area contributed by atoms with E-state index in [4.69, 9.17) is 10.4 Å². The fraction of sp³-hybridized carbons (Fsp3) is 0.800. The molecule has 2 fully saturated rings. The molecule has 76 valence electrons. The molecule has 0 aromatic carbocycles. The number of hydrogen-bond acceptors (Lipinski definition) is 3. The predicted octanol–water partition coefficient (Wildman–Crippen LogP) is 0.838. The second kappa shape index (κ2) is 3.58. The third kappa shape index (κ3) is 1.48. The van der Waals surface area contributed by atoms with Crippen LogP contribution >= 0.6 is 0 Å². The molecule has 4 nitrogen and oxygen atoms in total. The first-order valence-corrected chi connectivity index (χ1v) is 5.10. The third-order valence-electron chi connectivity index (χ3n) is 3.40. The summed E-state index contributed by atoms with van der Waals surface area (Å²) in [6, 6.07) is 2.34. The van der Waals surface area contributed by atoms with Crippen LogP contribution in [0.25, 0.3) is 0 Å². The molecule has 0 aromatic rings. The highest BCUT2D eigenvalue weighted by molar-refractivity contribution is 5.74. The summed E-state index contributed by atoms with van der Waals surface area (Å²) in [6.07, 6.45) is 3.38. The van der Waals surface area contributed by atoms with Crippen molar-refractivity contribution in [3.05, 3.63) is 0 Å². The Morgan fingerprint density at radius 1 is 1.43 bits per heavy atom. The first-order valence-electron chi connectivity index (χ1n) is 5.10. The first kappa shape index (κ1) is 9.47. The van der Waals surface area contributed by atoms with E-state index >= 15 is 0 Å². The Labute approximate surface area is 83.1 Å². The maximum Gasteiger partial charge on any atom is 0.320 e. The lowest BCUT2D eigenvalue weighted by molar-refractivity contribution is -0.143. The molecule has 0 aliphatic carbocycles. The Morgan fingerprint density at radius 2 is 2.21 bits per heavy atom. The summed E-state index contributed by atoms with van der Waals surface area (Å²) >= 11 is 0. The van der Waals surface area contributed by atoms with Crippen molar-refractivity contribution in [1.82, 2.24) is 4.90 Å². The molecular weight excluding hydrogens is 180 g/mol. The predicted molar refractivity (Wildman–Crippen MR) is 49.5 cm³/mol. The summed E-state index contributed by atoms with van der Waals surface area (Å²) in [4.78, 5) is 13.0. The quantitative estimate of drug-likeness (QED) is 0.671. The Balaban J connectivity index is 2.04. The molecule has 0 radical (unpaired) electrons. The minimum absolute atomic E-state index is 0.142. The van der Waals surface area contributed by atoms with Crippen molar-refractivity contribution in [3.63, 3.8) is 0 Å². The van der Waals surface area contributed by atoms with E-state index in [1.54, 1.807) is 0 Å². The zero-order valence-corrected chi connectivity index (χ0v) is 8.02. The van der Waals surface area contributed by atoms with Crippen LogP contribution in [0.1, 0.15) is 25.7 Å². The van der Waals surface area contributed by atoms with E-state index in [0.717, 1.165) is 32.2 Å². The first-order chi connectivity index (χ1) is 6.72. The zero-order valence-electron chi connectivity index (χ0n) is 8.02. The van der Waals surface area contributed by atoms with E-state index in [-0.39, 0.29) is 12.0 Å². The molecular formula is C10H14N2O2. The highest BCUT2D eigenvalue weighted by Gasteiger charge is 2.41. The van der Waals surface area contributed by atoms with Crippen LogP contribution in [0.4, 0.5) is 0 Å². The molecule has 2 aliphatic rings. The van der Waals surface area contributed by atoms with Gasteiger partial charge < -0.3 is 5.11 Å². The van der Waals surface area contributed by atoms with Crippen molar-refractivity contribution < 1.29 is 9.90 Å². The van der Waals surface area contributed by atoms with Gasteiger partial charge in [-0.1, -0.05) is 0 Å². The summed E-state index contributed by atoms with van der Waals surface area (Å²) in [5.74, 6) is -0.563. The van der Waals surface area contributed by atoms with E-state index in [2.05, 4.69) is 11.0 Å². The number of nitrogens with zero attached hydrogens (tertiary/aromatic N) is 2. The van der Waals surface area contributed by atoms with Gasteiger partial charge in [-0.05, 0) is 25.7 Å². The number of carboxylic acid groups (broad SMARTS) is 1. The van der Waals surface area contributed by atoms with Gasteiger partial charge in [0.2, 0.25) is 0 Å². The molecule has 2 heterocycles. The van der Waals surface area contributed by atoms with E-state index in [1.807, 2.05) is 0 Å². The summed E-state index contributed by atoms with van der Waals surface area (Å²) in [7, 11) is 0. The molecule has 0 aromatic heterocycles. The largest absolute Gasteiger partial charge is 0.480 e. The number of hydrogen-bond donors (Lipinski definition) is 1. The van der Waals surface area contributed by atoms with Crippen LogP contribution in [-0.4, -0.2) is 34.6 Å². The molecule has 14 heavy (non-hydrogen) atoms. The van der Waals surface area contributed by atoms with Gasteiger partial charge in [0, 0.05) is 18.5 Å². The molecule has 1 N–H and O–H groups in total. The molecule has 2 aliphatic heterocycles. The minimum atomic E-state index is -0.706. The second-order valence-electron chi connectivity index (χ2n) is 4.17. The van der Waals surface area contributed by atoms with Crippen LogP contribution < -0.4 is 0 Å². The van der Waals surface area contributed by atoms with Gasteiger partial charge in [0.25, 0.3) is 0 Å². The standard InChI is InChI=1S/C10H14N2O2/c11-6-7-3-4-12-8(5-7)1-2-9(12)10(13)14/h7-9H,1-5H2,(H,13,14)/t7?,8?,9-/m0/s1. The molecule has 0 spiro atoms. The Hall–Kier alpha value is -1.08. The normalized spacial score (nSPS) is 37.5. The number of fused-ring (bicyclic) bond motifs is 1.